The number of nitrogens with zero attached hydrogens (tertiary/aromatic N) is 1. The van der Waals surface area contributed by atoms with Crippen LogP contribution in [0.1, 0.15) is 82.2 Å². The molecule has 0 radical (unpaired) electrons. The normalized spacial score (nSPS) is 15.3. The van der Waals surface area contributed by atoms with E-state index < -0.39 is 41.7 Å². The van der Waals surface area contributed by atoms with Gasteiger partial charge < -0.3 is 34.7 Å². The van der Waals surface area contributed by atoms with Crippen LogP contribution in [0.2, 0.25) is 0 Å². The van der Waals surface area contributed by atoms with Crippen LogP contribution < -0.4 is 20.1 Å². The van der Waals surface area contributed by atoms with Crippen LogP contribution in [-0.2, 0) is 22.7 Å². The van der Waals surface area contributed by atoms with E-state index in [1.54, 1.807) is 51.1 Å². The summed E-state index contributed by atoms with van der Waals surface area (Å²) >= 11 is 0. The molecule has 3 N–H and O–H groups in total. The summed E-state index contributed by atoms with van der Waals surface area (Å²) in [5.74, 6) is -1.03. The molecule has 6 rings (SSSR count). The number of hydrogen-bond donors (Lipinski definition) is 3. The quantitative estimate of drug-likeness (QED) is 0.106. The number of carbonyl (C=O) groups excluding carboxylic acids is 4. The fraction of sp³-hybridized carbons (Fsp3) is 0.261. The lowest BCUT2D eigenvalue weighted by atomic mass is 10.1. The number of hydrogen-bond acceptors (Lipinski definition) is 9. The third-order valence-electron chi connectivity index (χ3n) is 9.19. The number of phenolic OH excluding ortho intramolecular Hbond substituents is 1. The van der Waals surface area contributed by atoms with Crippen LogP contribution in [0.4, 0.5) is 10.5 Å². The predicted octanol–water partition coefficient (Wildman–Crippen LogP) is 8.51. The lowest BCUT2D eigenvalue weighted by Crippen LogP contribution is -2.55. The van der Waals surface area contributed by atoms with E-state index in [1.165, 1.54) is 41.3 Å². The molecule has 3 amide bonds. The lowest BCUT2D eigenvalue weighted by molar-refractivity contribution is -0.0556. The molecule has 5 aromatic rings. The molecular formula is C46H47N3O9. The number of nitrogens with one attached hydrogen (secondary N) is 2. The van der Waals surface area contributed by atoms with E-state index in [2.05, 4.69) is 10.6 Å². The maximum Gasteiger partial charge on any atom is 0.413 e. The molecule has 1 aliphatic rings. The molecule has 0 spiro atoms. The second-order valence-corrected chi connectivity index (χ2v) is 14.8. The molecule has 1 saturated heterocycles. The van der Waals surface area contributed by atoms with E-state index >= 15 is 0 Å². The SMILES string of the molecule is CC(C)(C)OC(=O)N1CCCCC(NC(=O)c2ccc(O)cc2)C1OC(=O)c1ccc(NC(=O)c2c(OCc3ccccc3)cccc2OCc2ccccc2)cc1. The van der Waals surface area contributed by atoms with Gasteiger partial charge in [0.1, 0.15) is 41.6 Å². The summed E-state index contributed by atoms with van der Waals surface area (Å²) in [6, 6.07) is 35.5. The Morgan fingerprint density at radius 3 is 1.83 bits per heavy atom. The van der Waals surface area contributed by atoms with Crippen molar-refractivity contribution >= 4 is 29.6 Å². The van der Waals surface area contributed by atoms with Crippen molar-refractivity contribution in [3.63, 3.8) is 0 Å². The maximum absolute atomic E-state index is 14.0. The van der Waals surface area contributed by atoms with Gasteiger partial charge in [0.2, 0.25) is 6.23 Å². The van der Waals surface area contributed by atoms with Crippen molar-refractivity contribution in [2.45, 2.75) is 71.1 Å². The number of anilines is 1. The van der Waals surface area contributed by atoms with Crippen molar-refractivity contribution in [1.82, 2.24) is 10.2 Å². The van der Waals surface area contributed by atoms with Crippen LogP contribution in [0.15, 0.2) is 127 Å². The topological polar surface area (TPSA) is 153 Å². The Labute approximate surface area is 337 Å². The fourth-order valence-electron chi connectivity index (χ4n) is 6.31. The number of esters is 1. The van der Waals surface area contributed by atoms with Gasteiger partial charge in [-0.2, -0.15) is 0 Å². The molecule has 0 saturated carbocycles. The Morgan fingerprint density at radius 2 is 1.26 bits per heavy atom. The lowest BCUT2D eigenvalue weighted by Gasteiger charge is -2.35. The van der Waals surface area contributed by atoms with Crippen LogP contribution >= 0.6 is 0 Å². The summed E-state index contributed by atoms with van der Waals surface area (Å²) in [6.45, 7) is 5.91. The zero-order valence-electron chi connectivity index (χ0n) is 32.7. The molecule has 5 aromatic carbocycles. The van der Waals surface area contributed by atoms with Crippen molar-refractivity contribution in [2.24, 2.45) is 0 Å². The van der Waals surface area contributed by atoms with Gasteiger partial charge in [0, 0.05) is 17.8 Å². The van der Waals surface area contributed by atoms with E-state index in [0.29, 0.717) is 36.4 Å². The highest BCUT2D eigenvalue weighted by Gasteiger charge is 2.39. The average molecular weight is 786 g/mol. The van der Waals surface area contributed by atoms with Gasteiger partial charge in [-0.25, -0.2) is 9.59 Å². The number of benzene rings is 5. The Kier molecular flexibility index (Phi) is 13.3. The van der Waals surface area contributed by atoms with Crippen LogP contribution in [-0.4, -0.2) is 58.3 Å². The summed E-state index contributed by atoms with van der Waals surface area (Å²) in [5.41, 5.74) is 2.05. The van der Waals surface area contributed by atoms with Gasteiger partial charge in [0.25, 0.3) is 11.8 Å². The summed E-state index contributed by atoms with van der Waals surface area (Å²) in [5, 5.41) is 15.5. The second-order valence-electron chi connectivity index (χ2n) is 14.8. The number of ether oxygens (including phenoxy) is 4. The van der Waals surface area contributed by atoms with Crippen molar-refractivity contribution in [3.8, 4) is 17.2 Å². The Morgan fingerprint density at radius 1 is 0.690 bits per heavy atom. The van der Waals surface area contributed by atoms with Crippen molar-refractivity contribution in [3.05, 3.63) is 155 Å². The molecule has 12 nitrogen and oxygen atoms in total. The third kappa shape index (κ3) is 11.2. The van der Waals surface area contributed by atoms with E-state index in [1.807, 2.05) is 60.7 Å². The standard InChI is InChI=1S/C46H47N3O9/c1-46(2,3)58-45(54)49-28-11-10-17-37(48-41(51)33-22-26-36(50)27-23-33)43(49)57-44(53)34-20-24-35(25-21-34)47-42(52)40-38(55-29-31-13-6-4-7-14-31)18-12-19-39(40)56-30-32-15-8-5-9-16-32/h4-9,12-16,18-27,37,43,50H,10-11,17,28-30H2,1-3H3,(H,47,52)(H,48,51). The molecular weight excluding hydrogens is 739 g/mol. The molecule has 0 aliphatic carbocycles. The zero-order valence-corrected chi connectivity index (χ0v) is 32.7. The number of amides is 3. The van der Waals surface area contributed by atoms with Gasteiger partial charge in [-0.15, -0.1) is 0 Å². The number of rotatable bonds is 12. The van der Waals surface area contributed by atoms with Gasteiger partial charge in [-0.3, -0.25) is 14.5 Å². The maximum atomic E-state index is 14.0. The molecule has 12 heteroatoms. The van der Waals surface area contributed by atoms with Gasteiger partial charge in [0.05, 0.1) is 11.6 Å². The summed E-state index contributed by atoms with van der Waals surface area (Å²) in [7, 11) is 0. The van der Waals surface area contributed by atoms with Gasteiger partial charge in [-0.05, 0) is 112 Å². The highest BCUT2D eigenvalue weighted by molar-refractivity contribution is 6.08. The van der Waals surface area contributed by atoms with Gasteiger partial charge >= 0.3 is 12.1 Å². The molecule has 0 bridgehead atoms. The summed E-state index contributed by atoms with van der Waals surface area (Å²) in [6.07, 6.45) is -0.241. The number of aromatic hydroxyl groups is 1. The first kappa shape index (κ1) is 40.8. The van der Waals surface area contributed by atoms with Crippen LogP contribution in [0, 0.1) is 0 Å². The van der Waals surface area contributed by atoms with Crippen molar-refractivity contribution in [2.75, 3.05) is 11.9 Å². The first-order valence-corrected chi connectivity index (χ1v) is 19.1. The van der Waals surface area contributed by atoms with Crippen LogP contribution in [0.5, 0.6) is 17.2 Å². The van der Waals surface area contributed by atoms with Crippen molar-refractivity contribution in [1.29, 1.82) is 0 Å². The first-order chi connectivity index (χ1) is 27.9. The van der Waals surface area contributed by atoms with E-state index in [0.717, 1.165) is 11.1 Å². The minimum atomic E-state index is -1.20. The fourth-order valence-corrected chi connectivity index (χ4v) is 6.31. The number of likely N-dealkylation sites (tertiary alicyclic amines) is 1. The van der Waals surface area contributed by atoms with E-state index in [4.69, 9.17) is 18.9 Å². The average Bonchev–Trinajstić information content (AvgIpc) is 3.41. The van der Waals surface area contributed by atoms with Gasteiger partial charge in [-0.1, -0.05) is 66.7 Å². The molecule has 0 aromatic heterocycles. The summed E-state index contributed by atoms with van der Waals surface area (Å²) < 4.78 is 24.0. The molecule has 300 valence electrons. The largest absolute Gasteiger partial charge is 0.508 e. The molecule has 2 atom stereocenters. The van der Waals surface area contributed by atoms with E-state index in [-0.39, 0.29) is 42.2 Å². The highest BCUT2D eigenvalue weighted by Crippen LogP contribution is 2.31. The smallest absolute Gasteiger partial charge is 0.413 e. The second kappa shape index (κ2) is 18.9. The first-order valence-electron chi connectivity index (χ1n) is 19.1. The summed E-state index contributed by atoms with van der Waals surface area (Å²) in [4.78, 5) is 55.9. The van der Waals surface area contributed by atoms with Gasteiger partial charge in [0.15, 0.2) is 0 Å². The Bertz CT molecular complexity index is 2110. The Balaban J connectivity index is 1.20. The molecule has 2 unspecified atom stereocenters. The number of phenols is 1. The monoisotopic (exact) mass is 785 g/mol. The minimum Gasteiger partial charge on any atom is -0.508 e. The van der Waals surface area contributed by atoms with Crippen LogP contribution in [0.25, 0.3) is 0 Å². The predicted molar refractivity (Wildman–Crippen MR) is 218 cm³/mol. The molecule has 1 heterocycles. The minimum absolute atomic E-state index is 0.00906. The Hall–Kier alpha value is -6.82. The molecule has 58 heavy (non-hydrogen) atoms. The third-order valence-corrected chi connectivity index (χ3v) is 9.19. The highest BCUT2D eigenvalue weighted by atomic mass is 16.6. The molecule has 1 fully saturated rings. The van der Waals surface area contributed by atoms with Crippen LogP contribution in [0.3, 0.4) is 0 Å². The number of carbonyl (C=O) groups is 4. The zero-order chi connectivity index (χ0) is 41.1. The van der Waals surface area contributed by atoms with Crippen molar-refractivity contribution < 1.29 is 43.2 Å². The van der Waals surface area contributed by atoms with E-state index in [9.17, 15) is 24.3 Å². The molecule has 1 aliphatic heterocycles.